The molecule has 146 valence electrons. The molecule has 0 radical (unpaired) electrons. The molecule has 0 aliphatic carbocycles. The van der Waals surface area contributed by atoms with Gasteiger partial charge in [0.15, 0.2) is 20.5 Å². The Morgan fingerprint density at radius 2 is 1.93 bits per heavy atom. The van der Waals surface area contributed by atoms with Gasteiger partial charge < -0.3 is 4.40 Å². The van der Waals surface area contributed by atoms with Gasteiger partial charge in [-0.15, -0.1) is 0 Å². The maximum absolute atomic E-state index is 13.0. The number of nitrogens with zero attached hydrogens (tertiary/aromatic N) is 5. The standard InChI is InChI=1S/C16H11BrF3N5O2S/c1-2-28(26,27)15-13(14-21-6-5-11(17)25(14)23-15)10-8-24-7-9(16(18,19)20)3-4-12(24)22-10/h3-8H,2H2,1H3. The molecule has 4 aromatic rings. The summed E-state index contributed by atoms with van der Waals surface area (Å²) in [5.74, 6) is -0.201. The van der Waals surface area contributed by atoms with Crippen LogP contribution in [0.25, 0.3) is 22.6 Å². The minimum Gasteiger partial charge on any atom is -0.306 e. The van der Waals surface area contributed by atoms with Gasteiger partial charge >= 0.3 is 6.18 Å². The summed E-state index contributed by atoms with van der Waals surface area (Å²) in [5.41, 5.74) is -0.0866. The molecule has 0 bridgehead atoms. The van der Waals surface area contributed by atoms with Gasteiger partial charge in [0, 0.05) is 18.6 Å². The van der Waals surface area contributed by atoms with Crippen molar-refractivity contribution in [1.29, 1.82) is 0 Å². The summed E-state index contributed by atoms with van der Waals surface area (Å²) in [5, 5.41) is 3.92. The predicted molar refractivity (Wildman–Crippen MR) is 97.6 cm³/mol. The summed E-state index contributed by atoms with van der Waals surface area (Å²) in [6.07, 6.45) is -0.815. The van der Waals surface area contributed by atoms with Crippen LogP contribution in [0.3, 0.4) is 0 Å². The van der Waals surface area contributed by atoms with E-state index >= 15 is 0 Å². The van der Waals surface area contributed by atoms with Gasteiger partial charge in [0.1, 0.15) is 10.3 Å². The van der Waals surface area contributed by atoms with E-state index in [0.29, 0.717) is 4.60 Å². The van der Waals surface area contributed by atoms with E-state index in [9.17, 15) is 21.6 Å². The van der Waals surface area contributed by atoms with Crippen LogP contribution in [0.4, 0.5) is 13.2 Å². The highest BCUT2D eigenvalue weighted by Gasteiger charge is 2.32. The highest BCUT2D eigenvalue weighted by atomic mass is 79.9. The molecule has 12 heteroatoms. The number of alkyl halides is 3. The lowest BCUT2D eigenvalue weighted by Gasteiger charge is -2.05. The van der Waals surface area contributed by atoms with Crippen LogP contribution in [-0.4, -0.2) is 38.2 Å². The van der Waals surface area contributed by atoms with Crippen LogP contribution < -0.4 is 0 Å². The Morgan fingerprint density at radius 3 is 2.61 bits per heavy atom. The average molecular weight is 474 g/mol. The van der Waals surface area contributed by atoms with Gasteiger partial charge in [-0.2, -0.15) is 18.3 Å². The molecular formula is C16H11BrF3N5O2S. The zero-order valence-electron chi connectivity index (χ0n) is 14.1. The quantitative estimate of drug-likeness (QED) is 0.424. The molecule has 0 unspecified atom stereocenters. The summed E-state index contributed by atoms with van der Waals surface area (Å²) < 4.78 is 67.0. The molecule has 28 heavy (non-hydrogen) atoms. The second-order valence-corrected chi connectivity index (χ2v) is 8.90. The zero-order chi connectivity index (χ0) is 20.3. The molecule has 0 N–H and O–H groups in total. The van der Waals surface area contributed by atoms with Crippen molar-refractivity contribution in [3.63, 3.8) is 0 Å². The average Bonchev–Trinajstić information content (AvgIpc) is 3.22. The van der Waals surface area contributed by atoms with Crippen LogP contribution in [0.5, 0.6) is 0 Å². The number of rotatable bonds is 3. The second kappa shape index (κ2) is 6.27. The van der Waals surface area contributed by atoms with E-state index in [1.54, 1.807) is 6.07 Å². The first-order valence-corrected chi connectivity index (χ1v) is 10.4. The molecule has 0 atom stereocenters. The summed E-state index contributed by atoms with van der Waals surface area (Å²) >= 11 is 3.29. The Labute approximate surface area is 164 Å². The molecule has 0 saturated carbocycles. The predicted octanol–water partition coefficient (Wildman–Crippen LogP) is 3.62. The zero-order valence-corrected chi connectivity index (χ0v) is 16.5. The fourth-order valence-electron chi connectivity index (χ4n) is 2.76. The molecule has 0 aromatic carbocycles. The van der Waals surface area contributed by atoms with Gasteiger partial charge in [-0.05, 0) is 34.1 Å². The molecule has 4 heterocycles. The van der Waals surface area contributed by atoms with Crippen LogP contribution in [0.15, 0.2) is 46.4 Å². The van der Waals surface area contributed by atoms with E-state index in [4.69, 9.17) is 0 Å². The van der Waals surface area contributed by atoms with Crippen LogP contribution in [0.2, 0.25) is 0 Å². The first kappa shape index (κ1) is 18.9. The van der Waals surface area contributed by atoms with Gasteiger partial charge in [0.05, 0.1) is 22.6 Å². The summed E-state index contributed by atoms with van der Waals surface area (Å²) in [6.45, 7) is 1.48. The Morgan fingerprint density at radius 1 is 1.18 bits per heavy atom. The summed E-state index contributed by atoms with van der Waals surface area (Å²) in [4.78, 5) is 8.48. The minimum atomic E-state index is -4.51. The summed E-state index contributed by atoms with van der Waals surface area (Å²) in [7, 11) is -3.75. The lowest BCUT2D eigenvalue weighted by Crippen LogP contribution is -2.06. The number of pyridine rings is 1. The third-order valence-electron chi connectivity index (χ3n) is 4.15. The van der Waals surface area contributed by atoms with Crippen molar-refractivity contribution in [3.05, 3.63) is 47.0 Å². The number of fused-ring (bicyclic) bond motifs is 2. The molecular weight excluding hydrogens is 463 g/mol. The highest BCUT2D eigenvalue weighted by molar-refractivity contribution is 9.10. The topological polar surface area (TPSA) is 81.6 Å². The van der Waals surface area contributed by atoms with E-state index < -0.39 is 21.6 Å². The number of halogens is 4. The monoisotopic (exact) mass is 473 g/mol. The maximum atomic E-state index is 13.0. The normalized spacial score (nSPS) is 12.9. The Balaban J connectivity index is 2.03. The van der Waals surface area contributed by atoms with Crippen molar-refractivity contribution in [2.75, 3.05) is 5.75 Å². The Bertz CT molecular complexity index is 1330. The molecule has 0 saturated heterocycles. The Hall–Kier alpha value is -2.47. The summed E-state index contributed by atoms with van der Waals surface area (Å²) in [6, 6.07) is 3.72. The molecule has 0 aliphatic heterocycles. The SMILES string of the molecule is CCS(=O)(=O)c1nn2c(Br)ccnc2c1-c1cn2cc(C(F)(F)F)ccc2n1. The second-order valence-electron chi connectivity index (χ2n) is 5.89. The number of sulfone groups is 1. The van der Waals surface area contributed by atoms with Gasteiger partial charge in [0.25, 0.3) is 0 Å². The van der Waals surface area contributed by atoms with Gasteiger partial charge in [-0.25, -0.2) is 22.9 Å². The van der Waals surface area contributed by atoms with E-state index in [1.165, 1.54) is 34.3 Å². The molecule has 4 aromatic heterocycles. The molecule has 0 aliphatic rings. The minimum absolute atomic E-state index is 0.139. The van der Waals surface area contributed by atoms with Crippen molar-refractivity contribution in [3.8, 4) is 11.3 Å². The number of imidazole rings is 1. The van der Waals surface area contributed by atoms with Crippen molar-refractivity contribution in [2.45, 2.75) is 18.1 Å². The molecule has 4 rings (SSSR count). The fraction of sp³-hybridized carbons (Fsp3) is 0.188. The van der Waals surface area contributed by atoms with Crippen LogP contribution in [-0.2, 0) is 16.0 Å². The third-order valence-corrected chi connectivity index (χ3v) is 6.38. The van der Waals surface area contributed by atoms with E-state index in [1.807, 2.05) is 0 Å². The van der Waals surface area contributed by atoms with Crippen molar-refractivity contribution in [2.24, 2.45) is 0 Å². The fourth-order valence-corrected chi connectivity index (χ4v) is 4.11. The molecule has 0 amide bonds. The van der Waals surface area contributed by atoms with E-state index in [-0.39, 0.29) is 33.3 Å². The highest BCUT2D eigenvalue weighted by Crippen LogP contribution is 2.33. The van der Waals surface area contributed by atoms with Crippen LogP contribution in [0.1, 0.15) is 12.5 Å². The van der Waals surface area contributed by atoms with E-state index in [0.717, 1.165) is 12.3 Å². The third kappa shape index (κ3) is 2.96. The number of aromatic nitrogens is 5. The van der Waals surface area contributed by atoms with Crippen LogP contribution in [0, 0.1) is 0 Å². The van der Waals surface area contributed by atoms with Gasteiger partial charge in [-0.3, -0.25) is 0 Å². The number of hydrogen-bond acceptors (Lipinski definition) is 5. The first-order chi connectivity index (χ1) is 13.1. The van der Waals surface area contributed by atoms with Crippen LogP contribution >= 0.6 is 15.9 Å². The number of hydrogen-bond donors (Lipinski definition) is 0. The van der Waals surface area contributed by atoms with E-state index in [2.05, 4.69) is 31.0 Å². The molecule has 0 spiro atoms. The van der Waals surface area contributed by atoms with Crippen molar-refractivity contribution >= 4 is 37.1 Å². The van der Waals surface area contributed by atoms with Gasteiger partial charge in [-0.1, -0.05) is 6.92 Å². The lowest BCUT2D eigenvalue weighted by atomic mass is 10.2. The van der Waals surface area contributed by atoms with Crippen molar-refractivity contribution in [1.82, 2.24) is 24.0 Å². The smallest absolute Gasteiger partial charge is 0.306 e. The maximum Gasteiger partial charge on any atom is 0.417 e. The van der Waals surface area contributed by atoms with Crippen molar-refractivity contribution < 1.29 is 21.6 Å². The molecule has 7 nitrogen and oxygen atoms in total. The largest absolute Gasteiger partial charge is 0.417 e. The molecule has 0 fully saturated rings. The first-order valence-electron chi connectivity index (χ1n) is 7.94. The Kier molecular flexibility index (Phi) is 4.23. The lowest BCUT2D eigenvalue weighted by molar-refractivity contribution is -0.137. The van der Waals surface area contributed by atoms with Gasteiger partial charge in [0.2, 0.25) is 0 Å².